The summed E-state index contributed by atoms with van der Waals surface area (Å²) in [5, 5.41) is 3.36. The summed E-state index contributed by atoms with van der Waals surface area (Å²) in [5.41, 5.74) is 6.11. The number of hydrogen-bond donors (Lipinski definition) is 1. The summed E-state index contributed by atoms with van der Waals surface area (Å²) in [6, 6.07) is 0. The van der Waals surface area contributed by atoms with Gasteiger partial charge in [-0.1, -0.05) is 11.6 Å². The highest BCUT2D eigenvalue weighted by Gasteiger charge is 2.06. The minimum atomic E-state index is -0.895. The van der Waals surface area contributed by atoms with Gasteiger partial charge in [-0.25, -0.2) is 9.97 Å². The van der Waals surface area contributed by atoms with Gasteiger partial charge in [0, 0.05) is 0 Å². The van der Waals surface area contributed by atoms with Crippen LogP contribution in [-0.2, 0) is 0 Å². The fourth-order valence-corrected chi connectivity index (χ4v) is 1.50. The van der Waals surface area contributed by atoms with Gasteiger partial charge in [-0.15, -0.1) is 0 Å². The highest BCUT2D eigenvalue weighted by Crippen LogP contribution is 2.32. The van der Waals surface area contributed by atoms with Crippen LogP contribution in [0.2, 0.25) is 5.15 Å². The molecule has 0 fully saturated rings. The third-order valence-corrected chi connectivity index (χ3v) is 3.08. The third kappa shape index (κ3) is 3.90. The first-order valence-electron chi connectivity index (χ1n) is 3.99. The lowest BCUT2D eigenvalue weighted by Gasteiger charge is -2.14. The zero-order chi connectivity index (χ0) is 11.6. The van der Waals surface area contributed by atoms with Crippen LogP contribution in [-0.4, -0.2) is 28.7 Å². The molecule has 3 nitrogen and oxygen atoms in total. The first-order chi connectivity index (χ1) is 6.79. The van der Waals surface area contributed by atoms with Gasteiger partial charge in [0.1, 0.15) is 4.60 Å². The summed E-state index contributed by atoms with van der Waals surface area (Å²) in [7, 11) is -0.895. The molecule has 0 bridgehead atoms. The van der Waals surface area contributed by atoms with E-state index in [9.17, 15) is 0 Å². The van der Waals surface area contributed by atoms with E-state index in [1.54, 1.807) is 0 Å². The summed E-state index contributed by atoms with van der Waals surface area (Å²) in [6.07, 6.45) is 6.28. The number of nitrogens with two attached hydrogens (primary N) is 1. The van der Waals surface area contributed by atoms with Crippen LogP contribution in [0.5, 0.6) is 0 Å². The highest BCUT2D eigenvalue weighted by atomic mass is 79.9. The highest BCUT2D eigenvalue weighted by molar-refractivity contribution is 9.10. The Labute approximate surface area is 104 Å². The predicted molar refractivity (Wildman–Crippen MR) is 71.4 cm³/mol. The van der Waals surface area contributed by atoms with Crippen LogP contribution < -0.4 is 5.73 Å². The summed E-state index contributed by atoms with van der Waals surface area (Å²) >= 11 is 8.91. The van der Waals surface area contributed by atoms with Crippen molar-refractivity contribution in [3.05, 3.63) is 15.5 Å². The number of anilines is 1. The first-order valence-corrected chi connectivity index (χ1v) is 8.02. The second-order valence-corrected chi connectivity index (χ2v) is 8.59. The number of aromatic nitrogens is 2. The standard InChI is InChI=1S/C9H11BrClN3S/c1-15(2,3)5-4-6-9(12)14-8(11)7(10)13-6/h1-3H3,(H2,12,14). The van der Waals surface area contributed by atoms with Gasteiger partial charge in [-0.2, -0.15) is 10.0 Å². The van der Waals surface area contributed by atoms with Crippen LogP contribution in [0.4, 0.5) is 5.82 Å². The van der Waals surface area contributed by atoms with E-state index in [-0.39, 0.29) is 11.0 Å². The molecule has 0 atom stereocenters. The van der Waals surface area contributed by atoms with E-state index in [0.717, 1.165) is 0 Å². The fraction of sp³-hybridized carbons (Fsp3) is 0.333. The first kappa shape index (κ1) is 12.6. The van der Waals surface area contributed by atoms with Crippen molar-refractivity contribution in [2.24, 2.45) is 0 Å². The van der Waals surface area contributed by atoms with Crippen molar-refractivity contribution in [2.45, 2.75) is 0 Å². The Hall–Kier alpha value is -0.440. The molecule has 6 heteroatoms. The minimum Gasteiger partial charge on any atom is -0.381 e. The summed E-state index contributed by atoms with van der Waals surface area (Å²) in [4.78, 5) is 8.03. The van der Waals surface area contributed by atoms with Crippen LogP contribution in [0.3, 0.4) is 0 Å². The van der Waals surface area contributed by atoms with Gasteiger partial charge in [0.15, 0.2) is 16.7 Å². The Morgan fingerprint density at radius 3 is 2.47 bits per heavy atom. The Morgan fingerprint density at radius 2 is 1.93 bits per heavy atom. The molecule has 1 rings (SSSR count). The lowest BCUT2D eigenvalue weighted by atomic mass is 10.4. The molecule has 15 heavy (non-hydrogen) atoms. The maximum Gasteiger partial charge on any atom is 0.164 e. The van der Waals surface area contributed by atoms with E-state index < -0.39 is 10.0 Å². The molecule has 82 valence electrons. The van der Waals surface area contributed by atoms with Crippen LogP contribution in [0.25, 0.3) is 0 Å². The van der Waals surface area contributed by atoms with Crippen molar-refractivity contribution >= 4 is 43.4 Å². The molecule has 1 aromatic heterocycles. The molecule has 0 aromatic carbocycles. The largest absolute Gasteiger partial charge is 0.381 e. The van der Waals surface area contributed by atoms with Gasteiger partial charge in [0.25, 0.3) is 0 Å². The quantitative estimate of drug-likeness (QED) is 0.749. The van der Waals surface area contributed by atoms with E-state index in [1.165, 1.54) is 0 Å². The van der Waals surface area contributed by atoms with Crippen molar-refractivity contribution in [2.75, 3.05) is 24.5 Å². The van der Waals surface area contributed by atoms with Gasteiger partial charge in [0.05, 0.1) is 0 Å². The number of rotatable bonds is 0. The maximum absolute atomic E-state index is 5.73. The second-order valence-electron chi connectivity index (χ2n) is 3.60. The molecule has 0 saturated carbocycles. The monoisotopic (exact) mass is 307 g/mol. The van der Waals surface area contributed by atoms with E-state index in [2.05, 4.69) is 55.8 Å². The smallest absolute Gasteiger partial charge is 0.164 e. The number of nitrogens with zero attached hydrogens (tertiary/aromatic N) is 2. The van der Waals surface area contributed by atoms with Crippen molar-refractivity contribution in [1.82, 2.24) is 9.97 Å². The molecular formula is C9H11BrClN3S. The number of hydrogen-bond acceptors (Lipinski definition) is 3. The molecule has 2 N–H and O–H groups in total. The zero-order valence-corrected chi connectivity index (χ0v) is 11.8. The Morgan fingerprint density at radius 1 is 1.33 bits per heavy atom. The Balaban J connectivity index is 3.15. The average Bonchev–Trinajstić information content (AvgIpc) is 2.07. The summed E-state index contributed by atoms with van der Waals surface area (Å²) in [5.74, 6) is 3.18. The van der Waals surface area contributed by atoms with E-state index in [0.29, 0.717) is 10.3 Å². The van der Waals surface area contributed by atoms with Gasteiger partial charge in [-0.05, 0) is 45.9 Å². The normalized spacial score (nSPS) is 11.8. The van der Waals surface area contributed by atoms with E-state index in [4.69, 9.17) is 17.3 Å². The van der Waals surface area contributed by atoms with Crippen LogP contribution in [0, 0.1) is 11.2 Å². The summed E-state index contributed by atoms with van der Waals surface area (Å²) in [6.45, 7) is 0. The lowest BCUT2D eigenvalue weighted by Crippen LogP contribution is -1.99. The van der Waals surface area contributed by atoms with Crippen molar-refractivity contribution in [3.8, 4) is 11.2 Å². The SMILES string of the molecule is CS(C)(C)C#Cc1nc(Br)c(Cl)nc1N. The Kier molecular flexibility index (Phi) is 3.87. The zero-order valence-electron chi connectivity index (χ0n) is 8.64. The van der Waals surface area contributed by atoms with Crippen LogP contribution >= 0.6 is 37.6 Å². The maximum atomic E-state index is 5.73. The molecule has 0 radical (unpaired) electrons. The molecule has 1 aromatic rings. The molecule has 0 spiro atoms. The van der Waals surface area contributed by atoms with Crippen LogP contribution in [0.1, 0.15) is 5.69 Å². The minimum absolute atomic E-state index is 0.251. The van der Waals surface area contributed by atoms with Gasteiger partial charge in [0.2, 0.25) is 0 Å². The molecule has 0 amide bonds. The number of nitrogen functional groups attached to an aromatic ring is 1. The van der Waals surface area contributed by atoms with E-state index in [1.807, 2.05) is 0 Å². The topological polar surface area (TPSA) is 51.8 Å². The molecule has 0 aliphatic heterocycles. The number of halogens is 2. The second kappa shape index (κ2) is 4.60. The molecule has 0 unspecified atom stereocenters. The third-order valence-electron chi connectivity index (χ3n) is 1.32. The molecule has 0 saturated heterocycles. The van der Waals surface area contributed by atoms with Gasteiger partial charge >= 0.3 is 0 Å². The lowest BCUT2D eigenvalue weighted by molar-refractivity contribution is 1.15. The van der Waals surface area contributed by atoms with E-state index >= 15 is 0 Å². The fourth-order valence-electron chi connectivity index (χ4n) is 0.700. The van der Waals surface area contributed by atoms with Crippen molar-refractivity contribution < 1.29 is 0 Å². The molecule has 0 aliphatic carbocycles. The van der Waals surface area contributed by atoms with Gasteiger partial charge < -0.3 is 5.73 Å². The van der Waals surface area contributed by atoms with Crippen molar-refractivity contribution in [1.29, 1.82) is 0 Å². The summed E-state index contributed by atoms with van der Waals surface area (Å²) < 4.78 is 0.464. The predicted octanol–water partition coefficient (Wildman–Crippen LogP) is 2.48. The molecule has 0 aliphatic rings. The molecule has 1 heterocycles. The average molecular weight is 309 g/mol. The Bertz CT molecular complexity index is 445. The van der Waals surface area contributed by atoms with Crippen LogP contribution in [0.15, 0.2) is 4.60 Å². The van der Waals surface area contributed by atoms with Crippen molar-refractivity contribution in [3.63, 3.8) is 0 Å². The van der Waals surface area contributed by atoms with Gasteiger partial charge in [-0.3, -0.25) is 0 Å². The molecular weight excluding hydrogens is 298 g/mol.